The van der Waals surface area contributed by atoms with Crippen LogP contribution in [0.5, 0.6) is 5.75 Å². The summed E-state index contributed by atoms with van der Waals surface area (Å²) in [5.74, 6) is -0.303. The van der Waals surface area contributed by atoms with Crippen molar-refractivity contribution in [1.29, 1.82) is 0 Å². The van der Waals surface area contributed by atoms with Crippen LogP contribution in [-0.4, -0.2) is 49.9 Å². The van der Waals surface area contributed by atoms with Crippen LogP contribution in [0.3, 0.4) is 0 Å². The van der Waals surface area contributed by atoms with Crippen LogP contribution in [0.25, 0.3) is 0 Å². The number of carbonyl (C=O) groups is 2. The van der Waals surface area contributed by atoms with Gasteiger partial charge in [-0.2, -0.15) is 0 Å². The van der Waals surface area contributed by atoms with Gasteiger partial charge in [-0.25, -0.2) is 8.42 Å². The third-order valence-electron chi connectivity index (χ3n) is 6.26. The number of carbonyl (C=O) groups excluding carboxylic acids is 2. The second-order valence-electron chi connectivity index (χ2n) is 10.8. The van der Waals surface area contributed by atoms with E-state index in [1.807, 2.05) is 58.9 Å². The number of nitrogens with one attached hydrogen (secondary N) is 1. The number of sulfonamides is 1. The predicted molar refractivity (Wildman–Crippen MR) is 165 cm³/mol. The lowest BCUT2D eigenvalue weighted by Crippen LogP contribution is -2.54. The highest BCUT2D eigenvalue weighted by Gasteiger charge is 2.33. The largest absolute Gasteiger partial charge is 0.494 e. The molecule has 0 aliphatic rings. The molecule has 3 aromatic carbocycles. The van der Waals surface area contributed by atoms with Crippen LogP contribution in [0.2, 0.25) is 0 Å². The Kier molecular flexibility index (Phi) is 10.6. The third kappa shape index (κ3) is 8.81. The van der Waals surface area contributed by atoms with E-state index in [0.29, 0.717) is 18.0 Å². The molecule has 1 atom stereocenters. The molecule has 0 heterocycles. The number of ether oxygens (including phenoxy) is 1. The van der Waals surface area contributed by atoms with Crippen molar-refractivity contribution < 1.29 is 22.7 Å². The number of nitrogens with zero attached hydrogens (tertiary/aromatic N) is 2. The molecule has 0 unspecified atom stereocenters. The zero-order valence-electron chi connectivity index (χ0n) is 24.3. The summed E-state index contributed by atoms with van der Waals surface area (Å²) < 4.78 is 35.4. The SMILES string of the molecule is CCOc1ccc(S(=O)(=O)N(CC(=O)N(Cc2ccc(Br)cc2)[C@H](C)C(=O)NC(C)(C)C)c2ccc(C)cc2)cc1. The molecule has 0 aliphatic heterocycles. The lowest BCUT2D eigenvalue weighted by Gasteiger charge is -2.33. The van der Waals surface area contributed by atoms with Gasteiger partial charge in [0.15, 0.2) is 0 Å². The van der Waals surface area contributed by atoms with Crippen molar-refractivity contribution in [3.05, 3.63) is 88.4 Å². The maximum absolute atomic E-state index is 14.0. The van der Waals surface area contributed by atoms with Crippen LogP contribution in [0, 0.1) is 6.92 Å². The molecule has 3 rings (SSSR count). The molecule has 3 aromatic rings. The highest BCUT2D eigenvalue weighted by molar-refractivity contribution is 9.10. The van der Waals surface area contributed by atoms with Gasteiger partial charge in [-0.3, -0.25) is 13.9 Å². The lowest BCUT2D eigenvalue weighted by molar-refractivity contribution is -0.140. The Morgan fingerprint density at radius 2 is 1.54 bits per heavy atom. The summed E-state index contributed by atoms with van der Waals surface area (Å²) in [5.41, 5.74) is 1.58. The van der Waals surface area contributed by atoms with Gasteiger partial charge in [0.2, 0.25) is 11.8 Å². The average molecular weight is 645 g/mol. The average Bonchev–Trinajstić information content (AvgIpc) is 2.91. The van der Waals surface area contributed by atoms with Gasteiger partial charge in [0, 0.05) is 16.6 Å². The summed E-state index contributed by atoms with van der Waals surface area (Å²) in [6.07, 6.45) is 0. The van der Waals surface area contributed by atoms with Crippen LogP contribution >= 0.6 is 15.9 Å². The molecular formula is C31H38BrN3O5S. The van der Waals surface area contributed by atoms with Gasteiger partial charge >= 0.3 is 0 Å². The minimum Gasteiger partial charge on any atom is -0.494 e. The van der Waals surface area contributed by atoms with Gasteiger partial charge in [-0.15, -0.1) is 0 Å². The third-order valence-corrected chi connectivity index (χ3v) is 8.57. The number of halogens is 1. The van der Waals surface area contributed by atoms with Crippen molar-refractivity contribution in [2.24, 2.45) is 0 Å². The van der Waals surface area contributed by atoms with Crippen molar-refractivity contribution >= 4 is 43.5 Å². The number of hydrogen-bond donors (Lipinski definition) is 1. The Morgan fingerprint density at radius 3 is 2.07 bits per heavy atom. The van der Waals surface area contributed by atoms with Crippen molar-refractivity contribution in [2.45, 2.75) is 64.6 Å². The normalized spacial score (nSPS) is 12.4. The second kappa shape index (κ2) is 13.5. The first-order valence-electron chi connectivity index (χ1n) is 13.4. The summed E-state index contributed by atoms with van der Waals surface area (Å²) >= 11 is 3.42. The Labute approximate surface area is 251 Å². The zero-order chi connectivity index (χ0) is 30.4. The molecule has 220 valence electrons. The number of hydrogen-bond acceptors (Lipinski definition) is 5. The van der Waals surface area contributed by atoms with E-state index in [9.17, 15) is 18.0 Å². The van der Waals surface area contributed by atoms with E-state index >= 15 is 0 Å². The van der Waals surface area contributed by atoms with E-state index < -0.39 is 34.1 Å². The molecular weight excluding hydrogens is 606 g/mol. The molecule has 2 amide bonds. The number of anilines is 1. The highest BCUT2D eigenvalue weighted by Crippen LogP contribution is 2.26. The molecule has 0 radical (unpaired) electrons. The number of rotatable bonds is 11. The molecule has 0 spiro atoms. The van der Waals surface area contributed by atoms with Crippen LogP contribution < -0.4 is 14.4 Å². The van der Waals surface area contributed by atoms with Crippen LogP contribution in [0.15, 0.2) is 82.2 Å². The van der Waals surface area contributed by atoms with E-state index in [4.69, 9.17) is 4.74 Å². The fourth-order valence-corrected chi connectivity index (χ4v) is 5.76. The Hall–Kier alpha value is -3.37. The maximum Gasteiger partial charge on any atom is 0.264 e. The Balaban J connectivity index is 2.02. The quantitative estimate of drug-likeness (QED) is 0.290. The first-order chi connectivity index (χ1) is 19.2. The second-order valence-corrected chi connectivity index (χ2v) is 13.6. The first-order valence-corrected chi connectivity index (χ1v) is 15.6. The summed E-state index contributed by atoms with van der Waals surface area (Å²) in [7, 11) is -4.16. The van der Waals surface area contributed by atoms with Gasteiger partial charge in [0.25, 0.3) is 10.0 Å². The number of amides is 2. The van der Waals surface area contributed by atoms with E-state index in [2.05, 4.69) is 21.2 Å². The van der Waals surface area contributed by atoms with Crippen LogP contribution in [-0.2, 0) is 26.2 Å². The lowest BCUT2D eigenvalue weighted by atomic mass is 10.1. The van der Waals surface area contributed by atoms with Crippen LogP contribution in [0.1, 0.15) is 45.7 Å². The number of aryl methyl sites for hydroxylation is 1. The highest BCUT2D eigenvalue weighted by atomic mass is 79.9. The van der Waals surface area contributed by atoms with Crippen molar-refractivity contribution in [1.82, 2.24) is 10.2 Å². The molecule has 41 heavy (non-hydrogen) atoms. The van der Waals surface area contributed by atoms with Gasteiger partial charge in [-0.05, 0) is 95.6 Å². The van der Waals surface area contributed by atoms with E-state index in [0.717, 1.165) is 19.9 Å². The van der Waals surface area contributed by atoms with E-state index in [1.165, 1.54) is 17.0 Å². The van der Waals surface area contributed by atoms with E-state index in [-0.39, 0.29) is 17.3 Å². The molecule has 0 saturated carbocycles. The predicted octanol–water partition coefficient (Wildman–Crippen LogP) is 5.68. The van der Waals surface area contributed by atoms with E-state index in [1.54, 1.807) is 43.3 Å². The summed E-state index contributed by atoms with van der Waals surface area (Å²) in [5, 5.41) is 2.93. The molecule has 0 aromatic heterocycles. The first kappa shape index (κ1) is 32.1. The summed E-state index contributed by atoms with van der Waals surface area (Å²) in [4.78, 5) is 28.6. The minimum atomic E-state index is -4.16. The number of benzene rings is 3. The molecule has 1 N–H and O–H groups in total. The molecule has 10 heteroatoms. The Morgan fingerprint density at radius 1 is 0.951 bits per heavy atom. The van der Waals surface area contributed by atoms with Crippen molar-refractivity contribution in [3.63, 3.8) is 0 Å². The minimum absolute atomic E-state index is 0.0207. The molecule has 0 saturated heterocycles. The molecule has 0 bridgehead atoms. The monoisotopic (exact) mass is 643 g/mol. The van der Waals surface area contributed by atoms with Gasteiger partial charge in [0.1, 0.15) is 18.3 Å². The zero-order valence-corrected chi connectivity index (χ0v) is 26.8. The van der Waals surface area contributed by atoms with Gasteiger partial charge in [-0.1, -0.05) is 45.8 Å². The fourth-order valence-electron chi connectivity index (χ4n) is 4.08. The standard InChI is InChI=1S/C31H38BrN3O5S/c1-7-40-27-16-18-28(19-17-27)41(38,39)35(26-14-8-22(2)9-15-26)21-29(36)34(20-24-10-12-25(32)13-11-24)23(3)30(37)33-31(4,5)6/h8-19,23H,7,20-21H2,1-6H3,(H,33,37)/t23-/m1/s1. The fraction of sp³-hybridized carbons (Fsp3) is 0.355. The smallest absolute Gasteiger partial charge is 0.264 e. The maximum atomic E-state index is 14.0. The van der Waals surface area contributed by atoms with Gasteiger partial charge in [0.05, 0.1) is 17.2 Å². The molecule has 0 aliphatic carbocycles. The van der Waals surface area contributed by atoms with Crippen LogP contribution in [0.4, 0.5) is 5.69 Å². The topological polar surface area (TPSA) is 96.0 Å². The van der Waals surface area contributed by atoms with Crippen molar-refractivity contribution in [3.8, 4) is 5.75 Å². The van der Waals surface area contributed by atoms with Crippen molar-refractivity contribution in [2.75, 3.05) is 17.5 Å². The molecule has 8 nitrogen and oxygen atoms in total. The molecule has 0 fully saturated rings. The summed E-state index contributed by atoms with van der Waals surface area (Å²) in [6, 6.07) is 19.6. The van der Waals surface area contributed by atoms with Gasteiger partial charge < -0.3 is 15.0 Å². The Bertz CT molecular complexity index is 1440. The summed E-state index contributed by atoms with van der Waals surface area (Å²) in [6.45, 7) is 11.1.